The third kappa shape index (κ3) is 5.13. The molecular formula is C20H16ClNO4S2. The summed E-state index contributed by atoms with van der Waals surface area (Å²) in [6, 6.07) is 14.3. The lowest BCUT2D eigenvalue weighted by molar-refractivity contribution is -0.147. The van der Waals surface area contributed by atoms with Gasteiger partial charge in [0.2, 0.25) is 0 Å². The number of hydrogen-bond acceptors (Lipinski definition) is 6. The summed E-state index contributed by atoms with van der Waals surface area (Å²) in [5, 5.41) is 0.608. The molecule has 1 heterocycles. The van der Waals surface area contributed by atoms with Gasteiger partial charge in [0.05, 0.1) is 12.0 Å². The molecule has 2 aromatic carbocycles. The van der Waals surface area contributed by atoms with Crippen molar-refractivity contribution in [3.8, 4) is 5.75 Å². The largest absolute Gasteiger partial charge is 0.497 e. The fourth-order valence-electron chi connectivity index (χ4n) is 2.41. The number of esters is 1. The quantitative estimate of drug-likeness (QED) is 0.384. The van der Waals surface area contributed by atoms with Gasteiger partial charge in [-0.1, -0.05) is 59.8 Å². The third-order valence-electron chi connectivity index (χ3n) is 3.89. The zero-order valence-corrected chi connectivity index (χ0v) is 17.3. The van der Waals surface area contributed by atoms with Crippen molar-refractivity contribution in [1.82, 2.24) is 4.90 Å². The first kappa shape index (κ1) is 20.4. The number of nitrogens with zero attached hydrogens (tertiary/aromatic N) is 1. The third-order valence-corrected chi connectivity index (χ3v) is 5.52. The van der Waals surface area contributed by atoms with Crippen LogP contribution in [0.15, 0.2) is 53.4 Å². The second kappa shape index (κ2) is 9.23. The van der Waals surface area contributed by atoms with Crippen LogP contribution in [0.2, 0.25) is 5.02 Å². The number of thioether (sulfide) groups is 1. The topological polar surface area (TPSA) is 55.8 Å². The van der Waals surface area contributed by atoms with Crippen LogP contribution >= 0.6 is 35.6 Å². The summed E-state index contributed by atoms with van der Waals surface area (Å²) in [4.78, 5) is 26.4. The smallest absolute Gasteiger partial charge is 0.326 e. The van der Waals surface area contributed by atoms with Gasteiger partial charge in [-0.3, -0.25) is 14.5 Å². The SMILES string of the molecule is COc1ccc(/C=C2/SC(=S)N(CC(=O)OCc3ccc(Cl)cc3)C2=O)cc1. The van der Waals surface area contributed by atoms with Crippen molar-refractivity contribution in [2.75, 3.05) is 13.7 Å². The highest BCUT2D eigenvalue weighted by atomic mass is 35.5. The Morgan fingerprint density at radius 1 is 1.18 bits per heavy atom. The molecule has 1 amide bonds. The van der Waals surface area contributed by atoms with Gasteiger partial charge < -0.3 is 9.47 Å². The Morgan fingerprint density at radius 2 is 1.86 bits per heavy atom. The Labute approximate surface area is 177 Å². The lowest BCUT2D eigenvalue weighted by atomic mass is 10.2. The van der Waals surface area contributed by atoms with Gasteiger partial charge in [-0.05, 0) is 41.5 Å². The minimum atomic E-state index is -0.531. The Kier molecular flexibility index (Phi) is 6.72. The zero-order chi connectivity index (χ0) is 20.1. The van der Waals surface area contributed by atoms with Crippen LogP contribution in [0.3, 0.4) is 0 Å². The van der Waals surface area contributed by atoms with Crippen LogP contribution in [0.1, 0.15) is 11.1 Å². The summed E-state index contributed by atoms with van der Waals surface area (Å²) >= 11 is 12.2. The molecule has 0 radical (unpaired) electrons. The van der Waals surface area contributed by atoms with E-state index in [1.807, 2.05) is 12.1 Å². The van der Waals surface area contributed by atoms with Crippen LogP contribution in [0.25, 0.3) is 6.08 Å². The molecule has 0 atom stereocenters. The van der Waals surface area contributed by atoms with Gasteiger partial charge >= 0.3 is 5.97 Å². The number of ether oxygens (including phenoxy) is 2. The lowest BCUT2D eigenvalue weighted by Gasteiger charge is -2.13. The van der Waals surface area contributed by atoms with E-state index in [9.17, 15) is 9.59 Å². The molecule has 0 bridgehead atoms. The first-order chi connectivity index (χ1) is 13.5. The molecule has 0 spiro atoms. The molecule has 5 nitrogen and oxygen atoms in total. The predicted octanol–water partition coefficient (Wildman–Crippen LogP) is 4.29. The highest BCUT2D eigenvalue weighted by Crippen LogP contribution is 2.32. The summed E-state index contributed by atoms with van der Waals surface area (Å²) < 4.78 is 10.7. The van der Waals surface area contributed by atoms with E-state index in [0.29, 0.717) is 14.2 Å². The van der Waals surface area contributed by atoms with Crippen molar-refractivity contribution in [3.05, 3.63) is 69.6 Å². The number of carbonyl (C=O) groups excluding carboxylic acids is 2. The van der Waals surface area contributed by atoms with Crippen molar-refractivity contribution in [2.24, 2.45) is 0 Å². The minimum absolute atomic E-state index is 0.104. The van der Waals surface area contributed by atoms with Crippen molar-refractivity contribution in [1.29, 1.82) is 0 Å². The van der Waals surface area contributed by atoms with Crippen LogP contribution in [-0.2, 0) is 20.9 Å². The fourth-order valence-corrected chi connectivity index (χ4v) is 3.79. The molecule has 0 saturated carbocycles. The molecule has 8 heteroatoms. The van der Waals surface area contributed by atoms with Gasteiger partial charge in [0.1, 0.15) is 23.2 Å². The minimum Gasteiger partial charge on any atom is -0.497 e. The van der Waals surface area contributed by atoms with Crippen LogP contribution in [0.5, 0.6) is 5.75 Å². The molecule has 1 aliphatic heterocycles. The Morgan fingerprint density at radius 3 is 2.50 bits per heavy atom. The summed E-state index contributed by atoms with van der Waals surface area (Å²) in [5.41, 5.74) is 1.65. The van der Waals surface area contributed by atoms with Crippen LogP contribution in [-0.4, -0.2) is 34.8 Å². The molecule has 3 rings (SSSR count). The molecule has 0 aromatic heterocycles. The number of thiocarbonyl (C=S) groups is 1. The number of benzene rings is 2. The average molecular weight is 434 g/mol. The standard InChI is InChI=1S/C20H16ClNO4S2/c1-25-16-8-4-13(5-9-16)10-17-19(24)22(20(27)28-17)11-18(23)26-12-14-2-6-15(21)7-3-14/h2-10H,11-12H2,1H3/b17-10+. The number of carbonyl (C=O) groups is 2. The first-order valence-electron chi connectivity index (χ1n) is 8.26. The van der Waals surface area contributed by atoms with Crippen molar-refractivity contribution in [2.45, 2.75) is 6.61 Å². The Bertz CT molecular complexity index is 926. The molecule has 1 aliphatic rings. The van der Waals surface area contributed by atoms with Crippen LogP contribution in [0.4, 0.5) is 0 Å². The maximum absolute atomic E-state index is 12.6. The molecule has 0 aliphatic carbocycles. The monoisotopic (exact) mass is 433 g/mol. The van der Waals surface area contributed by atoms with E-state index in [1.165, 1.54) is 4.90 Å². The summed E-state index contributed by atoms with van der Waals surface area (Å²) in [5.74, 6) is -0.112. The van der Waals surface area contributed by atoms with E-state index in [4.69, 9.17) is 33.3 Å². The Hall–Kier alpha value is -2.35. The summed E-state index contributed by atoms with van der Waals surface area (Å²) in [6.45, 7) is -0.120. The van der Waals surface area contributed by atoms with E-state index in [2.05, 4.69) is 0 Å². The van der Waals surface area contributed by atoms with E-state index in [0.717, 1.165) is 28.6 Å². The van der Waals surface area contributed by atoms with E-state index < -0.39 is 5.97 Å². The molecule has 1 saturated heterocycles. The molecular weight excluding hydrogens is 418 g/mol. The number of methoxy groups -OCH3 is 1. The first-order valence-corrected chi connectivity index (χ1v) is 9.86. The molecule has 2 aromatic rings. The second-order valence-electron chi connectivity index (χ2n) is 5.83. The van der Waals surface area contributed by atoms with Gasteiger partial charge in [-0.15, -0.1) is 0 Å². The van der Waals surface area contributed by atoms with E-state index in [-0.39, 0.29) is 19.1 Å². The average Bonchev–Trinajstić information content (AvgIpc) is 2.95. The fraction of sp³-hybridized carbons (Fsp3) is 0.150. The highest BCUT2D eigenvalue weighted by Gasteiger charge is 2.33. The second-order valence-corrected chi connectivity index (χ2v) is 7.94. The van der Waals surface area contributed by atoms with E-state index >= 15 is 0 Å². The van der Waals surface area contributed by atoms with Crippen molar-refractivity contribution < 1.29 is 19.1 Å². The number of amides is 1. The summed E-state index contributed by atoms with van der Waals surface area (Å²) in [7, 11) is 1.59. The Balaban J connectivity index is 1.60. The molecule has 1 fully saturated rings. The molecule has 0 N–H and O–H groups in total. The zero-order valence-electron chi connectivity index (χ0n) is 14.9. The van der Waals surface area contributed by atoms with Crippen molar-refractivity contribution >= 4 is 57.9 Å². The van der Waals surface area contributed by atoms with Gasteiger partial charge in [0.15, 0.2) is 0 Å². The van der Waals surface area contributed by atoms with Gasteiger partial charge in [-0.2, -0.15) is 0 Å². The van der Waals surface area contributed by atoms with Crippen LogP contribution < -0.4 is 4.74 Å². The lowest BCUT2D eigenvalue weighted by Crippen LogP contribution is -2.34. The maximum Gasteiger partial charge on any atom is 0.326 e. The highest BCUT2D eigenvalue weighted by molar-refractivity contribution is 8.26. The van der Waals surface area contributed by atoms with Gasteiger partial charge in [-0.25, -0.2) is 0 Å². The van der Waals surface area contributed by atoms with E-state index in [1.54, 1.807) is 49.6 Å². The molecule has 0 unspecified atom stereocenters. The predicted molar refractivity (Wildman–Crippen MR) is 114 cm³/mol. The normalized spacial score (nSPS) is 15.2. The van der Waals surface area contributed by atoms with Crippen molar-refractivity contribution in [3.63, 3.8) is 0 Å². The van der Waals surface area contributed by atoms with Gasteiger partial charge in [0.25, 0.3) is 5.91 Å². The van der Waals surface area contributed by atoms with Gasteiger partial charge in [0, 0.05) is 5.02 Å². The number of halogens is 1. The summed E-state index contributed by atoms with van der Waals surface area (Å²) in [6.07, 6.45) is 1.73. The number of rotatable bonds is 6. The van der Waals surface area contributed by atoms with Crippen LogP contribution in [0, 0.1) is 0 Å². The molecule has 28 heavy (non-hydrogen) atoms. The maximum atomic E-state index is 12.6. The number of hydrogen-bond donors (Lipinski definition) is 0. The molecule has 144 valence electrons.